The largest absolute Gasteiger partial charge is 0.490 e. The minimum absolute atomic E-state index is 0.00138. The fourth-order valence-corrected chi connectivity index (χ4v) is 7.37. The van der Waals surface area contributed by atoms with Gasteiger partial charge in [0.2, 0.25) is 20.0 Å². The summed E-state index contributed by atoms with van der Waals surface area (Å²) >= 11 is 0. The predicted molar refractivity (Wildman–Crippen MR) is 154 cm³/mol. The number of hydrogen-bond donors (Lipinski definition) is 1. The van der Waals surface area contributed by atoms with Crippen LogP contribution < -0.4 is 14.9 Å². The van der Waals surface area contributed by atoms with Gasteiger partial charge in [0.25, 0.3) is 5.91 Å². The number of sulfonamides is 2. The van der Waals surface area contributed by atoms with Gasteiger partial charge in [-0.25, -0.2) is 22.3 Å². The third kappa shape index (κ3) is 6.93. The molecular formula is C28H32N4O7S2. The van der Waals surface area contributed by atoms with E-state index in [0.717, 1.165) is 8.61 Å². The van der Waals surface area contributed by atoms with Gasteiger partial charge in [0, 0.05) is 19.6 Å². The third-order valence-electron chi connectivity index (χ3n) is 6.28. The van der Waals surface area contributed by atoms with E-state index in [1.807, 2.05) is 13.8 Å². The van der Waals surface area contributed by atoms with E-state index in [1.54, 1.807) is 54.6 Å². The van der Waals surface area contributed by atoms with Gasteiger partial charge < -0.3 is 9.47 Å². The summed E-state index contributed by atoms with van der Waals surface area (Å²) in [6.45, 7) is 3.86. The zero-order valence-electron chi connectivity index (χ0n) is 22.7. The van der Waals surface area contributed by atoms with Crippen molar-refractivity contribution in [2.45, 2.75) is 29.7 Å². The molecule has 1 amide bonds. The molecule has 1 saturated heterocycles. The molecule has 0 aromatic heterocycles. The van der Waals surface area contributed by atoms with E-state index >= 15 is 0 Å². The topological polar surface area (TPSA) is 135 Å². The van der Waals surface area contributed by atoms with Crippen molar-refractivity contribution in [1.82, 2.24) is 14.0 Å². The standard InChI is InChI=1S/C28H32N4O7S2/c1-3-38-26-16-15-22(19-27(26)39-4-2)20-29-30-28(33)25-21-31(40(34,35)23-11-7-5-8-12-23)17-18-32(25)41(36,37)24-13-9-6-10-14-24/h5-16,19-20,25H,3-4,17-18,21H2,1-2H3,(H,30,33)/b29-20-/t25-/m1/s1. The number of hydrogen-bond acceptors (Lipinski definition) is 8. The SMILES string of the molecule is CCOc1ccc(/C=N\NC(=O)[C@H]2CN(S(=O)(=O)c3ccccc3)CCN2S(=O)(=O)c2ccccc2)cc1OCC. The van der Waals surface area contributed by atoms with Gasteiger partial charge in [-0.1, -0.05) is 36.4 Å². The van der Waals surface area contributed by atoms with E-state index in [-0.39, 0.29) is 29.4 Å². The first-order chi connectivity index (χ1) is 19.7. The minimum Gasteiger partial charge on any atom is -0.490 e. The van der Waals surface area contributed by atoms with Crippen LogP contribution in [0.2, 0.25) is 0 Å². The fraction of sp³-hybridized carbons (Fsp3) is 0.286. The molecule has 41 heavy (non-hydrogen) atoms. The molecule has 0 unspecified atom stereocenters. The molecule has 1 atom stereocenters. The number of benzene rings is 3. The molecule has 0 bridgehead atoms. The number of carbonyl (C=O) groups is 1. The normalized spacial score (nSPS) is 16.9. The zero-order chi connectivity index (χ0) is 29.5. The monoisotopic (exact) mass is 600 g/mol. The predicted octanol–water partition coefficient (Wildman–Crippen LogP) is 2.70. The van der Waals surface area contributed by atoms with Gasteiger partial charge in [0.15, 0.2) is 11.5 Å². The van der Waals surface area contributed by atoms with E-state index in [4.69, 9.17) is 9.47 Å². The number of nitrogens with one attached hydrogen (secondary N) is 1. The second-order valence-corrected chi connectivity index (χ2v) is 12.8. The lowest BCUT2D eigenvalue weighted by atomic mass is 10.2. The summed E-state index contributed by atoms with van der Waals surface area (Å²) in [6, 6.07) is 19.3. The Kier molecular flexibility index (Phi) is 9.76. The van der Waals surface area contributed by atoms with Crippen molar-refractivity contribution in [2.75, 3.05) is 32.8 Å². The molecule has 4 rings (SSSR count). The summed E-state index contributed by atoms with van der Waals surface area (Å²) in [5, 5.41) is 4.02. The van der Waals surface area contributed by atoms with Gasteiger partial charge in [-0.3, -0.25) is 4.79 Å². The van der Waals surface area contributed by atoms with Crippen LogP contribution in [-0.4, -0.2) is 76.5 Å². The summed E-state index contributed by atoms with van der Waals surface area (Å²) in [7, 11) is -8.10. The van der Waals surface area contributed by atoms with Crippen LogP contribution in [0.4, 0.5) is 0 Å². The maximum Gasteiger partial charge on any atom is 0.259 e. The van der Waals surface area contributed by atoms with Gasteiger partial charge in [0.1, 0.15) is 6.04 Å². The summed E-state index contributed by atoms with van der Waals surface area (Å²) < 4.78 is 67.0. The first-order valence-electron chi connectivity index (χ1n) is 13.0. The van der Waals surface area contributed by atoms with Crippen molar-refractivity contribution in [2.24, 2.45) is 5.10 Å². The molecule has 0 spiro atoms. The first kappa shape index (κ1) is 30.2. The Morgan fingerprint density at radius 1 is 0.854 bits per heavy atom. The summed E-state index contributed by atoms with van der Waals surface area (Å²) in [6.07, 6.45) is 1.38. The number of rotatable bonds is 11. The van der Waals surface area contributed by atoms with Crippen LogP contribution >= 0.6 is 0 Å². The van der Waals surface area contributed by atoms with Crippen LogP contribution in [0.15, 0.2) is 93.8 Å². The molecule has 3 aromatic rings. The summed E-state index contributed by atoms with van der Waals surface area (Å²) in [5.74, 6) is 0.308. The number of ether oxygens (including phenoxy) is 2. The van der Waals surface area contributed by atoms with Crippen LogP contribution in [-0.2, 0) is 24.8 Å². The van der Waals surface area contributed by atoms with Crippen LogP contribution in [0.25, 0.3) is 0 Å². The molecule has 13 heteroatoms. The molecule has 1 heterocycles. The second kappa shape index (κ2) is 13.3. The fourth-order valence-electron chi connectivity index (χ4n) is 4.32. The smallest absolute Gasteiger partial charge is 0.259 e. The average Bonchev–Trinajstić information content (AvgIpc) is 2.99. The van der Waals surface area contributed by atoms with Crippen LogP contribution in [0, 0.1) is 0 Å². The number of amides is 1. The molecule has 0 aliphatic carbocycles. The number of carbonyl (C=O) groups excluding carboxylic acids is 1. The van der Waals surface area contributed by atoms with E-state index in [9.17, 15) is 21.6 Å². The van der Waals surface area contributed by atoms with Crippen LogP contribution in [0.1, 0.15) is 19.4 Å². The molecule has 1 fully saturated rings. The lowest BCUT2D eigenvalue weighted by Crippen LogP contribution is -2.60. The number of hydrazone groups is 1. The van der Waals surface area contributed by atoms with Gasteiger partial charge in [-0.15, -0.1) is 0 Å². The van der Waals surface area contributed by atoms with Gasteiger partial charge >= 0.3 is 0 Å². The van der Waals surface area contributed by atoms with E-state index in [1.165, 1.54) is 30.5 Å². The van der Waals surface area contributed by atoms with Crippen LogP contribution in [0.5, 0.6) is 11.5 Å². The Morgan fingerprint density at radius 2 is 1.44 bits per heavy atom. The first-order valence-corrected chi connectivity index (χ1v) is 15.9. The average molecular weight is 601 g/mol. The highest BCUT2D eigenvalue weighted by molar-refractivity contribution is 7.89. The van der Waals surface area contributed by atoms with Crippen molar-refractivity contribution in [1.29, 1.82) is 0 Å². The van der Waals surface area contributed by atoms with E-state index in [0.29, 0.717) is 30.3 Å². The maximum atomic E-state index is 13.5. The molecule has 1 aliphatic rings. The van der Waals surface area contributed by atoms with E-state index < -0.39 is 32.0 Å². The van der Waals surface area contributed by atoms with Crippen molar-refractivity contribution >= 4 is 32.2 Å². The van der Waals surface area contributed by atoms with E-state index in [2.05, 4.69) is 10.5 Å². The molecule has 3 aromatic carbocycles. The molecule has 1 aliphatic heterocycles. The lowest BCUT2D eigenvalue weighted by Gasteiger charge is -2.38. The lowest BCUT2D eigenvalue weighted by molar-refractivity contribution is -0.125. The highest BCUT2D eigenvalue weighted by Gasteiger charge is 2.43. The Labute approximate surface area is 240 Å². The third-order valence-corrected chi connectivity index (χ3v) is 10.1. The minimum atomic E-state index is -4.12. The van der Waals surface area contributed by atoms with Gasteiger partial charge in [-0.2, -0.15) is 13.7 Å². The molecule has 0 saturated carbocycles. The molecule has 1 N–H and O–H groups in total. The zero-order valence-corrected chi connectivity index (χ0v) is 24.3. The molecule has 0 radical (unpaired) electrons. The highest BCUT2D eigenvalue weighted by atomic mass is 32.2. The summed E-state index contributed by atoms with van der Waals surface area (Å²) in [5.41, 5.74) is 2.99. The van der Waals surface area contributed by atoms with Crippen molar-refractivity contribution < 1.29 is 31.1 Å². The van der Waals surface area contributed by atoms with Crippen molar-refractivity contribution in [3.63, 3.8) is 0 Å². The Balaban J connectivity index is 1.60. The Hall–Kier alpha value is -3.78. The van der Waals surface area contributed by atoms with Gasteiger partial charge in [-0.05, 0) is 61.9 Å². The van der Waals surface area contributed by atoms with Crippen molar-refractivity contribution in [3.8, 4) is 11.5 Å². The molecular weight excluding hydrogens is 568 g/mol. The second-order valence-electron chi connectivity index (χ2n) is 8.93. The Bertz CT molecular complexity index is 1580. The Morgan fingerprint density at radius 3 is 2.05 bits per heavy atom. The summed E-state index contributed by atoms with van der Waals surface area (Å²) in [4.78, 5) is 13.4. The molecule has 218 valence electrons. The van der Waals surface area contributed by atoms with Crippen molar-refractivity contribution in [3.05, 3.63) is 84.4 Å². The number of nitrogens with zero attached hydrogens (tertiary/aromatic N) is 3. The number of piperazine rings is 1. The van der Waals surface area contributed by atoms with Crippen LogP contribution in [0.3, 0.4) is 0 Å². The highest BCUT2D eigenvalue weighted by Crippen LogP contribution is 2.28. The van der Waals surface area contributed by atoms with Gasteiger partial charge in [0.05, 0.1) is 29.2 Å². The quantitative estimate of drug-likeness (QED) is 0.264. The molecule has 11 nitrogen and oxygen atoms in total. The maximum absolute atomic E-state index is 13.5.